The molecule has 0 N–H and O–H groups in total. The van der Waals surface area contributed by atoms with Gasteiger partial charge in [0.2, 0.25) is 0 Å². The van der Waals surface area contributed by atoms with Gasteiger partial charge in [0.1, 0.15) is 0 Å². The predicted molar refractivity (Wildman–Crippen MR) is 49.7 cm³/mol. The summed E-state index contributed by atoms with van der Waals surface area (Å²) in [6.07, 6.45) is 8.33. The van der Waals surface area contributed by atoms with Crippen molar-refractivity contribution in [2.75, 3.05) is 0 Å². The molecule has 0 aliphatic rings. The second kappa shape index (κ2) is 8.85. The zero-order valence-electron chi connectivity index (χ0n) is 7.73. The summed E-state index contributed by atoms with van der Waals surface area (Å²) in [6.45, 7) is 4.47. The van der Waals surface area contributed by atoms with E-state index in [0.29, 0.717) is 6.10 Å². The summed E-state index contributed by atoms with van der Waals surface area (Å²) in [6, 6.07) is 0. The monoisotopic (exact) mass is 263 g/mol. The van der Waals surface area contributed by atoms with Gasteiger partial charge in [0.05, 0.1) is 0 Å². The van der Waals surface area contributed by atoms with Crippen molar-refractivity contribution in [2.24, 2.45) is 0 Å². The molecule has 0 aromatic heterocycles. The molecule has 0 saturated carbocycles. The van der Waals surface area contributed by atoms with Gasteiger partial charge in [-0.05, 0) is 0 Å². The van der Waals surface area contributed by atoms with Crippen LogP contribution in [0.2, 0.25) is 0 Å². The van der Waals surface area contributed by atoms with Crippen molar-refractivity contribution in [2.45, 2.75) is 58.5 Å². The molecule has 0 aliphatic carbocycles. The van der Waals surface area contributed by atoms with Gasteiger partial charge in [-0.3, -0.25) is 0 Å². The van der Waals surface area contributed by atoms with E-state index in [1.165, 1.54) is 61.5 Å². The SMILES string of the molecule is CCCCC(CCCC)[O][Sn]. The average Bonchev–Trinajstić information content (AvgIpc) is 2.05. The molecule has 3 radical (unpaired) electrons. The van der Waals surface area contributed by atoms with Crippen LogP contribution in [-0.4, -0.2) is 29.0 Å². The standard InChI is InChI=1S/C9H19O.Sn/c1-3-5-7-9(10)8-6-4-2;/h9H,3-8H2,1-2H3;/q-1;+1. The van der Waals surface area contributed by atoms with E-state index in [2.05, 4.69) is 13.8 Å². The third kappa shape index (κ3) is 7.13. The summed E-state index contributed by atoms with van der Waals surface area (Å²) in [5.41, 5.74) is 0. The van der Waals surface area contributed by atoms with Gasteiger partial charge in [0.25, 0.3) is 0 Å². The predicted octanol–water partition coefficient (Wildman–Crippen LogP) is 2.84. The van der Waals surface area contributed by atoms with Gasteiger partial charge >= 0.3 is 84.5 Å². The summed E-state index contributed by atoms with van der Waals surface area (Å²) in [4.78, 5) is 0. The van der Waals surface area contributed by atoms with E-state index in [-0.39, 0.29) is 0 Å². The molecule has 0 atom stereocenters. The van der Waals surface area contributed by atoms with Crippen LogP contribution in [-0.2, 0) is 3.07 Å². The molecule has 65 valence electrons. The average molecular weight is 262 g/mol. The topological polar surface area (TPSA) is 9.23 Å². The summed E-state index contributed by atoms with van der Waals surface area (Å²) in [5, 5.41) is 0. The fraction of sp³-hybridized carbons (Fsp3) is 1.00. The first-order valence-corrected chi connectivity index (χ1v) is 5.84. The molecule has 0 amide bonds. The normalized spacial score (nSPS) is 10.9. The van der Waals surface area contributed by atoms with E-state index in [0.717, 1.165) is 0 Å². The second-order valence-corrected chi connectivity index (χ2v) is 3.70. The Morgan fingerprint density at radius 3 is 1.82 bits per heavy atom. The van der Waals surface area contributed by atoms with Crippen LogP contribution in [0.5, 0.6) is 0 Å². The van der Waals surface area contributed by atoms with Crippen LogP contribution in [0.1, 0.15) is 52.4 Å². The Bertz CT molecular complexity index is 68.0. The van der Waals surface area contributed by atoms with Gasteiger partial charge in [0, 0.05) is 0 Å². The molecule has 0 rings (SSSR count). The van der Waals surface area contributed by atoms with Crippen molar-refractivity contribution in [3.8, 4) is 0 Å². The van der Waals surface area contributed by atoms with Gasteiger partial charge in [-0.2, -0.15) is 0 Å². The Morgan fingerprint density at radius 2 is 1.55 bits per heavy atom. The van der Waals surface area contributed by atoms with Crippen molar-refractivity contribution in [1.82, 2.24) is 0 Å². The molecule has 0 heterocycles. The zero-order chi connectivity index (χ0) is 8.53. The quantitative estimate of drug-likeness (QED) is 0.641. The number of unbranched alkanes of at least 4 members (excludes halogenated alkanes) is 2. The molecule has 0 aromatic carbocycles. The van der Waals surface area contributed by atoms with Gasteiger partial charge in [-0.15, -0.1) is 0 Å². The molecule has 0 bridgehead atoms. The van der Waals surface area contributed by atoms with Crippen molar-refractivity contribution < 1.29 is 3.07 Å². The number of rotatable bonds is 7. The van der Waals surface area contributed by atoms with E-state index in [4.69, 9.17) is 3.07 Å². The van der Waals surface area contributed by atoms with Crippen LogP contribution in [0.25, 0.3) is 0 Å². The summed E-state index contributed by atoms with van der Waals surface area (Å²) < 4.78 is 5.44. The maximum absolute atomic E-state index is 5.44. The Labute approximate surface area is 84.5 Å². The van der Waals surface area contributed by atoms with Crippen molar-refractivity contribution in [1.29, 1.82) is 0 Å². The van der Waals surface area contributed by atoms with Crippen LogP contribution in [0, 0.1) is 0 Å². The molecular formula is C9H19OSn. The van der Waals surface area contributed by atoms with Crippen molar-refractivity contribution >= 4 is 22.9 Å². The first kappa shape index (κ1) is 11.8. The van der Waals surface area contributed by atoms with Crippen LogP contribution in [0.15, 0.2) is 0 Å². The molecule has 0 saturated heterocycles. The molecule has 11 heavy (non-hydrogen) atoms. The van der Waals surface area contributed by atoms with Crippen LogP contribution >= 0.6 is 0 Å². The van der Waals surface area contributed by atoms with Crippen LogP contribution < -0.4 is 0 Å². The van der Waals surface area contributed by atoms with Gasteiger partial charge in [0.15, 0.2) is 0 Å². The van der Waals surface area contributed by atoms with Gasteiger partial charge < -0.3 is 0 Å². The van der Waals surface area contributed by atoms with Gasteiger partial charge in [-0.25, -0.2) is 0 Å². The molecule has 1 nitrogen and oxygen atoms in total. The summed E-state index contributed by atoms with van der Waals surface area (Å²) in [7, 11) is 0. The third-order valence-corrected chi connectivity index (χ3v) is 2.88. The van der Waals surface area contributed by atoms with Crippen molar-refractivity contribution in [3.63, 3.8) is 0 Å². The van der Waals surface area contributed by atoms with Crippen LogP contribution in [0.3, 0.4) is 0 Å². The number of hydrogen-bond acceptors (Lipinski definition) is 1. The minimum atomic E-state index is 0.563. The minimum absolute atomic E-state index is 0.563. The van der Waals surface area contributed by atoms with Crippen LogP contribution in [0.4, 0.5) is 0 Å². The van der Waals surface area contributed by atoms with E-state index in [1.54, 1.807) is 0 Å². The Balaban J connectivity index is 3.25. The maximum atomic E-state index is 5.44. The molecule has 0 aliphatic heterocycles. The van der Waals surface area contributed by atoms with Gasteiger partial charge in [-0.1, -0.05) is 0 Å². The second-order valence-electron chi connectivity index (χ2n) is 3.02. The first-order chi connectivity index (χ1) is 5.35. The zero-order valence-corrected chi connectivity index (χ0v) is 10.6. The fourth-order valence-corrected chi connectivity index (χ4v) is 1.80. The third-order valence-electron chi connectivity index (χ3n) is 1.93. The molecular weight excluding hydrogens is 243 g/mol. The summed E-state index contributed by atoms with van der Waals surface area (Å²) >= 11 is 1.23. The molecule has 0 aromatic rings. The van der Waals surface area contributed by atoms with E-state index >= 15 is 0 Å². The fourth-order valence-electron chi connectivity index (χ4n) is 1.13. The van der Waals surface area contributed by atoms with E-state index in [9.17, 15) is 0 Å². The Hall–Kier alpha value is 0.759. The molecule has 0 spiro atoms. The van der Waals surface area contributed by atoms with Crippen molar-refractivity contribution in [3.05, 3.63) is 0 Å². The summed E-state index contributed by atoms with van der Waals surface area (Å²) in [5.74, 6) is 0. The van der Waals surface area contributed by atoms with E-state index < -0.39 is 0 Å². The Kier molecular flexibility index (Phi) is 9.46. The Morgan fingerprint density at radius 1 is 1.09 bits per heavy atom. The number of hydrogen-bond donors (Lipinski definition) is 0. The molecule has 0 unspecified atom stereocenters. The molecule has 0 fully saturated rings. The first-order valence-electron chi connectivity index (χ1n) is 4.67. The molecule has 2 heteroatoms. The van der Waals surface area contributed by atoms with E-state index in [1.807, 2.05) is 0 Å².